The molecule has 1 aliphatic rings. The van der Waals surface area contributed by atoms with E-state index >= 15 is 0 Å². The minimum atomic E-state index is -3.06. The van der Waals surface area contributed by atoms with Crippen molar-refractivity contribution in [2.45, 2.75) is 19.0 Å². The molecule has 0 radical (unpaired) electrons. The molecule has 1 heterocycles. The van der Waals surface area contributed by atoms with Gasteiger partial charge in [-0.2, -0.15) is 0 Å². The second kappa shape index (κ2) is 3.97. The van der Waals surface area contributed by atoms with Gasteiger partial charge in [0, 0.05) is 11.4 Å². The predicted octanol–water partition coefficient (Wildman–Crippen LogP) is -0.978. The zero-order valence-corrected chi connectivity index (χ0v) is 8.53. The average molecular weight is 219 g/mol. The van der Waals surface area contributed by atoms with Gasteiger partial charge in [-0.1, -0.05) is 11.2 Å². The van der Waals surface area contributed by atoms with Gasteiger partial charge in [-0.05, 0) is 6.92 Å². The van der Waals surface area contributed by atoms with Crippen molar-refractivity contribution in [1.29, 1.82) is 0 Å². The van der Waals surface area contributed by atoms with Gasteiger partial charge in [0.05, 0.1) is 11.8 Å². The fourth-order valence-electron chi connectivity index (χ4n) is 1.17. The van der Waals surface area contributed by atoms with E-state index in [0.29, 0.717) is 0 Å². The Morgan fingerprint density at radius 2 is 2.43 bits per heavy atom. The summed E-state index contributed by atoms with van der Waals surface area (Å²) in [7, 11) is -3.06. The van der Waals surface area contributed by atoms with Crippen molar-refractivity contribution in [3.63, 3.8) is 0 Å². The summed E-state index contributed by atoms with van der Waals surface area (Å²) in [6.45, 7) is 1.69. The van der Waals surface area contributed by atoms with Crippen LogP contribution >= 0.6 is 0 Å². The summed E-state index contributed by atoms with van der Waals surface area (Å²) in [6.07, 6.45) is 1.55. The number of hydrogen-bond acceptors (Lipinski definition) is 5. The molecular formula is C7H13N3O3S. The second-order valence-electron chi connectivity index (χ2n) is 3.18. The van der Waals surface area contributed by atoms with Crippen molar-refractivity contribution in [1.82, 2.24) is 5.32 Å². The fourth-order valence-corrected chi connectivity index (χ4v) is 2.42. The van der Waals surface area contributed by atoms with Gasteiger partial charge < -0.3 is 16.3 Å². The molecular weight excluding hydrogens is 206 g/mol. The largest absolute Gasteiger partial charge is 0.409 e. The van der Waals surface area contributed by atoms with E-state index in [2.05, 4.69) is 10.5 Å². The van der Waals surface area contributed by atoms with Gasteiger partial charge in [0.2, 0.25) is 0 Å². The third-order valence-electron chi connectivity index (χ3n) is 1.95. The number of sulfone groups is 1. The second-order valence-corrected chi connectivity index (χ2v) is 5.11. The number of nitrogens with zero attached hydrogens (tertiary/aromatic N) is 1. The van der Waals surface area contributed by atoms with Crippen LogP contribution in [0.15, 0.2) is 16.6 Å². The Hall–Kier alpha value is -1.08. The maximum Gasteiger partial charge on any atom is 0.173 e. The van der Waals surface area contributed by atoms with Crippen molar-refractivity contribution in [2.24, 2.45) is 10.9 Å². The lowest BCUT2D eigenvalue weighted by atomic mass is 10.2. The highest BCUT2D eigenvalue weighted by molar-refractivity contribution is 7.94. The number of oxime groups is 1. The lowest BCUT2D eigenvalue weighted by Gasteiger charge is -2.15. The van der Waals surface area contributed by atoms with Crippen molar-refractivity contribution in [3.05, 3.63) is 11.5 Å². The molecule has 1 aliphatic heterocycles. The lowest BCUT2D eigenvalue weighted by Crippen LogP contribution is -2.45. The van der Waals surface area contributed by atoms with Crippen LogP contribution in [-0.4, -0.2) is 37.3 Å². The first-order valence-corrected chi connectivity index (χ1v) is 5.80. The van der Waals surface area contributed by atoms with E-state index in [1.807, 2.05) is 0 Å². The highest BCUT2D eigenvalue weighted by Crippen LogP contribution is 2.08. The first kappa shape index (κ1) is 11.0. The highest BCUT2D eigenvalue weighted by atomic mass is 32.2. The molecule has 0 spiro atoms. The fraction of sp³-hybridized carbons (Fsp3) is 0.571. The molecule has 0 bridgehead atoms. The van der Waals surface area contributed by atoms with E-state index in [1.165, 1.54) is 5.41 Å². The molecule has 0 aromatic rings. The number of nitrogens with two attached hydrogens (primary N) is 1. The highest BCUT2D eigenvalue weighted by Gasteiger charge is 2.23. The molecule has 0 aromatic carbocycles. The molecule has 0 saturated carbocycles. The smallest absolute Gasteiger partial charge is 0.173 e. The maximum atomic E-state index is 11.0. The monoisotopic (exact) mass is 219 g/mol. The van der Waals surface area contributed by atoms with E-state index in [4.69, 9.17) is 10.9 Å². The topological polar surface area (TPSA) is 105 Å². The normalized spacial score (nSPS) is 27.8. The van der Waals surface area contributed by atoms with Crippen molar-refractivity contribution in [2.75, 3.05) is 5.75 Å². The third-order valence-corrected chi connectivity index (χ3v) is 3.35. The van der Waals surface area contributed by atoms with E-state index in [1.54, 1.807) is 13.0 Å². The molecule has 1 rings (SSSR count). The Labute approximate surface area is 82.4 Å². The molecule has 80 valence electrons. The predicted molar refractivity (Wildman–Crippen MR) is 52.7 cm³/mol. The number of amidine groups is 1. The SMILES string of the molecule is CC(NC1C=CS(=O)(=O)C1)/C(N)=N/O. The zero-order valence-electron chi connectivity index (χ0n) is 7.71. The van der Waals surface area contributed by atoms with Crippen LogP contribution in [0.25, 0.3) is 0 Å². The molecule has 4 N–H and O–H groups in total. The minimum Gasteiger partial charge on any atom is -0.409 e. The Bertz CT molecular complexity index is 360. The Balaban J connectivity index is 2.53. The van der Waals surface area contributed by atoms with Crippen molar-refractivity contribution < 1.29 is 13.6 Å². The van der Waals surface area contributed by atoms with Crippen molar-refractivity contribution in [3.8, 4) is 0 Å². The van der Waals surface area contributed by atoms with Crippen LogP contribution in [0.3, 0.4) is 0 Å². The molecule has 0 fully saturated rings. The molecule has 7 heteroatoms. The minimum absolute atomic E-state index is 0.0239. The molecule has 0 saturated heterocycles. The van der Waals surface area contributed by atoms with Gasteiger partial charge in [-0.3, -0.25) is 0 Å². The maximum absolute atomic E-state index is 11.0. The molecule has 2 unspecified atom stereocenters. The summed E-state index contributed by atoms with van der Waals surface area (Å²) in [4.78, 5) is 0. The van der Waals surface area contributed by atoms with Crippen LogP contribution in [0.4, 0.5) is 0 Å². The van der Waals surface area contributed by atoms with Gasteiger partial charge >= 0.3 is 0 Å². The molecule has 0 aromatic heterocycles. The summed E-state index contributed by atoms with van der Waals surface area (Å²) >= 11 is 0. The van der Waals surface area contributed by atoms with Crippen molar-refractivity contribution >= 4 is 15.7 Å². The van der Waals surface area contributed by atoms with E-state index in [-0.39, 0.29) is 23.7 Å². The van der Waals surface area contributed by atoms with Gasteiger partial charge in [0.1, 0.15) is 0 Å². The van der Waals surface area contributed by atoms with Crippen LogP contribution in [0.5, 0.6) is 0 Å². The molecule has 2 atom stereocenters. The number of nitrogens with one attached hydrogen (secondary N) is 1. The summed E-state index contributed by atoms with van der Waals surface area (Å²) in [5.74, 6) is 0.0541. The zero-order chi connectivity index (χ0) is 10.8. The molecule has 14 heavy (non-hydrogen) atoms. The first-order chi connectivity index (χ1) is 6.44. The molecule has 0 aliphatic carbocycles. The summed E-state index contributed by atoms with van der Waals surface area (Å²) in [5.41, 5.74) is 5.33. The summed E-state index contributed by atoms with van der Waals surface area (Å²) in [5, 5.41) is 15.3. The van der Waals surface area contributed by atoms with Gasteiger partial charge in [-0.25, -0.2) is 8.42 Å². The average Bonchev–Trinajstić information content (AvgIpc) is 2.44. The van der Waals surface area contributed by atoms with Crippen LogP contribution in [0.2, 0.25) is 0 Å². The number of rotatable bonds is 3. The van der Waals surface area contributed by atoms with Gasteiger partial charge in [0.25, 0.3) is 0 Å². The van der Waals surface area contributed by atoms with Gasteiger partial charge in [-0.15, -0.1) is 0 Å². The standard InChI is InChI=1S/C7H13N3O3S/c1-5(7(8)10-11)9-6-2-3-14(12,13)4-6/h2-3,5-6,9,11H,4H2,1H3,(H2,8,10). The first-order valence-electron chi connectivity index (χ1n) is 4.09. The van der Waals surface area contributed by atoms with E-state index in [0.717, 1.165) is 0 Å². The van der Waals surface area contributed by atoms with Crippen LogP contribution in [-0.2, 0) is 9.84 Å². The Morgan fingerprint density at radius 3 is 2.86 bits per heavy atom. The van der Waals surface area contributed by atoms with E-state index in [9.17, 15) is 8.42 Å². The van der Waals surface area contributed by atoms with Crippen LogP contribution in [0, 0.1) is 0 Å². The third kappa shape index (κ3) is 2.71. The summed E-state index contributed by atoms with van der Waals surface area (Å²) in [6, 6.07) is -0.627. The van der Waals surface area contributed by atoms with Gasteiger partial charge in [0.15, 0.2) is 15.7 Å². The Morgan fingerprint density at radius 1 is 1.79 bits per heavy atom. The van der Waals surface area contributed by atoms with Crippen LogP contribution in [0.1, 0.15) is 6.92 Å². The lowest BCUT2D eigenvalue weighted by molar-refractivity contribution is 0.315. The summed E-state index contributed by atoms with van der Waals surface area (Å²) < 4.78 is 22.0. The van der Waals surface area contributed by atoms with Crippen LogP contribution < -0.4 is 11.1 Å². The van der Waals surface area contributed by atoms with E-state index < -0.39 is 9.84 Å². The quantitative estimate of drug-likeness (QED) is 0.245. The Kier molecular flexibility index (Phi) is 3.12. The molecule has 6 nitrogen and oxygen atoms in total. The molecule has 0 amide bonds. The number of hydrogen-bond donors (Lipinski definition) is 3.